The summed E-state index contributed by atoms with van der Waals surface area (Å²) in [6.07, 6.45) is -4.62. The summed E-state index contributed by atoms with van der Waals surface area (Å²) in [5, 5.41) is 29.1. The number of hydrogen-bond acceptors (Lipinski definition) is 29. The standard InChI is InChI=1S/C26H41N3O7.C26H39N3O6.C19H28N2O7.C18H33N3O4.C12H25NO3/c1-18(35-25(2,3)4)21(22(31)36-26(5,6)7)27-23(32)29-14-13-28(15-20(29)16-30)24(33)34-17-19-11-9-8-10-12-19;1-18(34-25(2,3)4)21(22(30)35-26(5,6)7)29-16-20-15-27(13-14-28(20)23(29)31)24(32)33-17-19-11-9-8-10-12-19;1-12(27-18(2,3)4)15(16(22)28-19(5,6)7)20-17(23)26-14-10-8-13(9-11-14)21(24)25;1-12(24-17(2,3)4)14(15(22)25-18(5,6)7)21-11-13-10-19-8-9-20(13)16(21)23;1-8(15-11(2,3)4)9(13)10(14)16-12(5,6)7/h8-12,18,20-21,30H,13-17H2,1-7H3,(H,27,32);8-12,18,20-21H,13-17H2,1-7H3;8-12,15H,1-7H3,(H,20,23);12-14,19H,8-11H2,1-7H3;8-9H,13H2,1-7H3/t2*18-,20?,21+;12-,15+;12-,13?,14+;8-,9+/m11111/s1. The molecule has 6 N–H and O–H groups in total. The SMILES string of the molecule is C[C@@H](OC(C)(C)C)[C@@H](C(=O)OC(C)(C)C)N1CC2CN(C(=O)OCc3ccccc3)CCN2C1=O.C[C@@H](OC(C)(C)C)[C@@H](C(=O)OC(C)(C)C)N1CC2CNCCN2C1=O.C[C@@H](OC(C)(C)C)[C@H](N)C(=O)OC(C)(C)C.C[C@@H](OC(C)(C)C)[C@H](NC(=O)N1CCN(C(=O)OCc2ccccc2)CC1CO)C(=O)OC(C)(C)C.C[C@@H](OC(C)(C)C)[C@H](NC(=O)Oc1ccc([N+](=O)[O-])cc1)C(=O)OC(C)(C)C. The van der Waals surface area contributed by atoms with Crippen LogP contribution in [-0.4, -0.2) is 324 Å². The van der Waals surface area contributed by atoms with Crippen LogP contribution < -0.4 is 26.4 Å². The summed E-state index contributed by atoms with van der Waals surface area (Å²) >= 11 is 0. The van der Waals surface area contributed by atoms with Crippen molar-refractivity contribution in [1.82, 2.24) is 50.2 Å². The van der Waals surface area contributed by atoms with Crippen molar-refractivity contribution in [3.63, 3.8) is 0 Å². The van der Waals surface area contributed by atoms with Crippen molar-refractivity contribution in [2.45, 2.75) is 390 Å². The Morgan fingerprint density at radius 1 is 0.429 bits per heavy atom. The highest BCUT2D eigenvalue weighted by molar-refractivity contribution is 5.88. The highest BCUT2D eigenvalue weighted by Crippen LogP contribution is 2.32. The summed E-state index contributed by atoms with van der Waals surface area (Å²) in [6, 6.07) is 17.5. The number of carbonyl (C=O) groups excluding carboxylic acids is 11. The Bertz CT molecular complexity index is 4500. The number of hydrogen-bond donors (Lipinski definition) is 5. The number of amides is 9. The number of fused-ring (bicyclic) bond motifs is 2. The molecule has 140 heavy (non-hydrogen) atoms. The molecule has 0 spiro atoms. The van der Waals surface area contributed by atoms with Crippen LogP contribution in [0.15, 0.2) is 84.9 Å². The average Bonchev–Trinajstić information content (AvgIpc) is 1.63. The van der Waals surface area contributed by atoms with Gasteiger partial charge in [0.05, 0.1) is 88.2 Å². The van der Waals surface area contributed by atoms with Crippen molar-refractivity contribution in [1.29, 1.82) is 0 Å². The van der Waals surface area contributed by atoms with Gasteiger partial charge in [0.2, 0.25) is 0 Å². The van der Waals surface area contributed by atoms with Crippen molar-refractivity contribution in [3.05, 3.63) is 106 Å². The number of urea groups is 3. The first-order valence-electron chi connectivity index (χ1n) is 47.9. The van der Waals surface area contributed by atoms with Gasteiger partial charge in [-0.3, -0.25) is 14.9 Å². The van der Waals surface area contributed by atoms with E-state index < -0.39 is 170 Å². The number of piperazine rings is 3. The lowest BCUT2D eigenvalue weighted by Gasteiger charge is -2.41. The fourth-order valence-corrected chi connectivity index (χ4v) is 15.2. The van der Waals surface area contributed by atoms with Gasteiger partial charge in [-0.05, 0) is 266 Å². The van der Waals surface area contributed by atoms with E-state index in [2.05, 4.69) is 16.0 Å². The van der Waals surface area contributed by atoms with Crippen LogP contribution in [0.25, 0.3) is 0 Å². The van der Waals surface area contributed by atoms with E-state index in [0.717, 1.165) is 24.2 Å². The molecule has 3 unspecified atom stereocenters. The lowest BCUT2D eigenvalue weighted by molar-refractivity contribution is -0.384. The molecule has 0 radical (unpaired) electrons. The molecule has 792 valence electrons. The maximum absolute atomic E-state index is 13.4. The summed E-state index contributed by atoms with van der Waals surface area (Å²) in [5.41, 5.74) is 1.73. The molecule has 0 aromatic heterocycles. The Balaban J connectivity index is 0.000000373. The molecule has 5 aliphatic rings. The molecule has 0 bridgehead atoms. The summed E-state index contributed by atoms with van der Waals surface area (Å²) in [4.78, 5) is 162. The Kier molecular flexibility index (Phi) is 45.0. The Labute approximate surface area is 829 Å². The zero-order valence-corrected chi connectivity index (χ0v) is 89.7. The predicted molar refractivity (Wildman–Crippen MR) is 527 cm³/mol. The molecule has 5 heterocycles. The highest BCUT2D eigenvalue weighted by Gasteiger charge is 2.52. The molecule has 8 rings (SSSR count). The predicted octanol–water partition coefficient (Wildman–Crippen LogP) is 13.6. The molecule has 0 saturated carbocycles. The first kappa shape index (κ1) is 122. The number of nitrogens with two attached hydrogens (primary N) is 1. The monoisotopic (exact) mass is 1980 g/mol. The first-order chi connectivity index (χ1) is 63.9. The van der Waals surface area contributed by atoms with Crippen LogP contribution in [0.4, 0.5) is 34.5 Å². The van der Waals surface area contributed by atoms with Crippen LogP contribution in [0, 0.1) is 10.1 Å². The summed E-state index contributed by atoms with van der Waals surface area (Å²) in [5.74, 6) is -2.52. The first-order valence-corrected chi connectivity index (χ1v) is 47.9. The van der Waals surface area contributed by atoms with Gasteiger partial charge in [-0.1, -0.05) is 60.7 Å². The minimum atomic E-state index is -1.11. The van der Waals surface area contributed by atoms with Gasteiger partial charge in [0.25, 0.3) is 5.69 Å². The third-order valence-electron chi connectivity index (χ3n) is 20.3. The molecule has 39 nitrogen and oxygen atoms in total. The van der Waals surface area contributed by atoms with Gasteiger partial charge in [-0.15, -0.1) is 0 Å². The van der Waals surface area contributed by atoms with E-state index in [-0.39, 0.29) is 86.7 Å². The van der Waals surface area contributed by atoms with Crippen LogP contribution in [0.3, 0.4) is 0 Å². The zero-order valence-electron chi connectivity index (χ0n) is 89.7. The number of ether oxygens (including phenoxy) is 13. The van der Waals surface area contributed by atoms with Crippen LogP contribution >= 0.6 is 0 Å². The third kappa shape index (κ3) is 44.5. The molecule has 5 saturated heterocycles. The summed E-state index contributed by atoms with van der Waals surface area (Å²) in [6.45, 7) is 68.3. The number of rotatable bonds is 26. The van der Waals surface area contributed by atoms with Crippen LogP contribution in [0.1, 0.15) is 253 Å². The van der Waals surface area contributed by atoms with Gasteiger partial charge in [-0.25, -0.2) is 47.9 Å². The van der Waals surface area contributed by atoms with Crippen LogP contribution in [0.2, 0.25) is 0 Å². The molecule has 3 aromatic rings. The Morgan fingerprint density at radius 2 is 0.779 bits per heavy atom. The molecule has 9 amide bonds. The lowest BCUT2D eigenvalue weighted by Crippen LogP contribution is -2.63. The van der Waals surface area contributed by atoms with Crippen molar-refractivity contribution in [2.75, 3.05) is 78.6 Å². The minimum Gasteiger partial charge on any atom is -0.459 e. The van der Waals surface area contributed by atoms with Crippen molar-refractivity contribution < 1.29 is 124 Å². The number of benzene rings is 3. The normalized spacial score (nSPS) is 18.8. The molecule has 3 aromatic carbocycles. The van der Waals surface area contributed by atoms with Crippen LogP contribution in [-0.2, 0) is 94.0 Å². The van der Waals surface area contributed by atoms with Crippen molar-refractivity contribution in [2.24, 2.45) is 5.73 Å². The minimum absolute atomic E-state index is 0.0908. The number of nitrogens with one attached hydrogen (secondary N) is 3. The third-order valence-corrected chi connectivity index (χ3v) is 20.3. The summed E-state index contributed by atoms with van der Waals surface area (Å²) < 4.78 is 72.7. The molecule has 39 heteroatoms. The van der Waals surface area contributed by atoms with E-state index >= 15 is 0 Å². The molecular weight excluding hydrogens is 1810 g/mol. The van der Waals surface area contributed by atoms with Gasteiger partial charge in [0.15, 0.2) is 24.2 Å². The Hall–Kier alpha value is -10.3. The van der Waals surface area contributed by atoms with Gasteiger partial charge in [0, 0.05) is 84.1 Å². The smallest absolute Gasteiger partial charge is 0.413 e. The molecule has 5 fully saturated rings. The second kappa shape index (κ2) is 51.6. The van der Waals surface area contributed by atoms with E-state index in [1.54, 1.807) is 105 Å². The van der Waals surface area contributed by atoms with E-state index in [1.165, 1.54) is 39.0 Å². The summed E-state index contributed by atoms with van der Waals surface area (Å²) in [7, 11) is 0. The lowest BCUT2D eigenvalue weighted by atomic mass is 10.1. The fourth-order valence-electron chi connectivity index (χ4n) is 15.2. The second-order valence-electron chi connectivity index (χ2n) is 45.2. The number of aliphatic hydroxyl groups excluding tert-OH is 1. The number of non-ortho nitro benzene ring substituents is 1. The fraction of sp³-hybridized carbons (Fsp3) is 0.713. The second-order valence-corrected chi connectivity index (χ2v) is 45.2. The van der Waals surface area contributed by atoms with E-state index in [9.17, 15) is 68.0 Å². The number of nitro benzene ring substituents is 1. The molecule has 13 atom stereocenters. The van der Waals surface area contributed by atoms with E-state index in [0.29, 0.717) is 39.3 Å². The maximum Gasteiger partial charge on any atom is 0.413 e. The maximum atomic E-state index is 13.4. The topological polar surface area (TPSA) is 456 Å². The number of nitro groups is 1. The number of nitrogens with zero attached hydrogens (tertiary/aromatic N) is 8. The van der Waals surface area contributed by atoms with Gasteiger partial charge >= 0.3 is 66.2 Å². The van der Waals surface area contributed by atoms with Gasteiger partial charge < -0.3 is 123 Å². The molecule has 0 aliphatic carbocycles. The average molecular weight is 1980 g/mol. The largest absolute Gasteiger partial charge is 0.459 e. The molecular formula is C101H166N12O27. The quantitative estimate of drug-likeness (QED) is 0.0216. The van der Waals surface area contributed by atoms with Gasteiger partial charge in [-0.2, -0.15) is 0 Å². The van der Waals surface area contributed by atoms with Crippen LogP contribution in [0.5, 0.6) is 5.75 Å². The molecule has 5 aliphatic heterocycles. The Morgan fingerprint density at radius 3 is 1.16 bits per heavy atom. The van der Waals surface area contributed by atoms with Gasteiger partial charge in [0.1, 0.15) is 53.0 Å². The number of esters is 5. The van der Waals surface area contributed by atoms with E-state index in [1.807, 2.05) is 218 Å². The zero-order chi connectivity index (χ0) is 107. The number of carbonyl (C=O) groups is 11. The number of aliphatic hydroxyl groups is 1. The van der Waals surface area contributed by atoms with Crippen molar-refractivity contribution in [3.8, 4) is 5.75 Å². The highest BCUT2D eigenvalue weighted by atomic mass is 16.6. The van der Waals surface area contributed by atoms with E-state index in [4.69, 9.17) is 67.3 Å². The van der Waals surface area contributed by atoms with Crippen molar-refractivity contribution >= 4 is 71.9 Å².